The number of hydrogen-bond acceptors (Lipinski definition) is 3. The Kier molecular flexibility index (Phi) is 3.36. The first-order valence-electron chi connectivity index (χ1n) is 6.47. The lowest BCUT2D eigenvalue weighted by Gasteiger charge is -2.19. The fourth-order valence-corrected chi connectivity index (χ4v) is 2.83. The minimum Gasteiger partial charge on any atom is -0.359 e. The molecule has 5 nitrogen and oxygen atoms in total. The van der Waals surface area contributed by atoms with Crippen LogP contribution in [-0.2, 0) is 13.0 Å². The maximum atomic E-state index is 11.9. The van der Waals surface area contributed by atoms with Crippen molar-refractivity contribution in [1.82, 2.24) is 14.9 Å². The summed E-state index contributed by atoms with van der Waals surface area (Å²) >= 11 is 6.31. The van der Waals surface area contributed by atoms with E-state index in [1.54, 1.807) is 6.20 Å². The maximum absolute atomic E-state index is 11.9. The van der Waals surface area contributed by atoms with E-state index in [0.29, 0.717) is 23.7 Å². The molecule has 0 spiro atoms. The number of nitrogens with zero attached hydrogens (tertiary/aromatic N) is 2. The van der Waals surface area contributed by atoms with Crippen LogP contribution in [0.1, 0.15) is 21.5 Å². The smallest absolute Gasteiger partial charge is 0.251 e. The number of carbonyl (C=O) groups is 1. The topological polar surface area (TPSA) is 59.0 Å². The third-order valence-corrected chi connectivity index (χ3v) is 3.79. The minimum atomic E-state index is -0.0468. The van der Waals surface area contributed by atoms with Gasteiger partial charge in [-0.2, -0.15) is 0 Å². The van der Waals surface area contributed by atoms with Gasteiger partial charge in [-0.1, -0.05) is 11.6 Å². The molecule has 104 valence electrons. The molecule has 0 saturated carbocycles. The van der Waals surface area contributed by atoms with Gasteiger partial charge in [-0.3, -0.25) is 4.79 Å². The second kappa shape index (κ2) is 5.17. The lowest BCUT2D eigenvalue weighted by atomic mass is 9.97. The molecule has 1 aliphatic rings. The van der Waals surface area contributed by atoms with Crippen molar-refractivity contribution in [2.45, 2.75) is 13.0 Å². The van der Waals surface area contributed by atoms with Gasteiger partial charge in [-0.25, -0.2) is 4.98 Å². The summed E-state index contributed by atoms with van der Waals surface area (Å²) < 4.78 is 1.97. The molecule has 0 fully saturated rings. The number of anilines is 1. The van der Waals surface area contributed by atoms with Gasteiger partial charge in [-0.05, 0) is 29.7 Å². The van der Waals surface area contributed by atoms with E-state index in [2.05, 4.69) is 15.6 Å². The predicted octanol–water partition coefficient (Wildman–Crippen LogP) is 1.91. The van der Waals surface area contributed by atoms with Crippen LogP contribution in [0.3, 0.4) is 0 Å². The van der Waals surface area contributed by atoms with Crippen LogP contribution in [0.2, 0.25) is 5.02 Å². The summed E-state index contributed by atoms with van der Waals surface area (Å²) in [6.07, 6.45) is 4.41. The van der Waals surface area contributed by atoms with Crippen molar-refractivity contribution in [3.8, 4) is 0 Å². The molecule has 6 heteroatoms. The molecule has 1 aliphatic heterocycles. The van der Waals surface area contributed by atoms with Gasteiger partial charge < -0.3 is 15.2 Å². The Hall–Kier alpha value is -2.01. The summed E-state index contributed by atoms with van der Waals surface area (Å²) in [5, 5.41) is 6.53. The highest BCUT2D eigenvalue weighted by molar-refractivity contribution is 6.32. The molecule has 2 N–H and O–H groups in total. The van der Waals surface area contributed by atoms with Gasteiger partial charge in [-0.15, -0.1) is 0 Å². The molecule has 3 rings (SSSR count). The molecule has 0 aliphatic carbocycles. The van der Waals surface area contributed by atoms with Crippen molar-refractivity contribution in [2.75, 3.05) is 18.9 Å². The third kappa shape index (κ3) is 2.25. The number of aromatic nitrogens is 2. The van der Waals surface area contributed by atoms with Gasteiger partial charge in [0.25, 0.3) is 5.91 Å². The quantitative estimate of drug-likeness (QED) is 0.908. The lowest BCUT2D eigenvalue weighted by molar-refractivity contribution is 0.0946. The van der Waals surface area contributed by atoms with Crippen molar-refractivity contribution in [3.63, 3.8) is 0 Å². The van der Waals surface area contributed by atoms with Gasteiger partial charge in [0.15, 0.2) is 0 Å². The molecule has 1 aromatic carbocycles. The third-order valence-electron chi connectivity index (χ3n) is 3.45. The van der Waals surface area contributed by atoms with E-state index in [1.165, 1.54) is 0 Å². The lowest BCUT2D eigenvalue weighted by Crippen LogP contribution is -2.32. The number of nitrogens with one attached hydrogen (secondary N) is 2. The Morgan fingerprint density at radius 3 is 3.15 bits per heavy atom. The van der Waals surface area contributed by atoms with Gasteiger partial charge in [0.1, 0.15) is 0 Å². The molecule has 0 saturated heterocycles. The average molecular weight is 291 g/mol. The molecule has 0 atom stereocenters. The average Bonchev–Trinajstić information content (AvgIpc) is 2.87. The van der Waals surface area contributed by atoms with Crippen molar-refractivity contribution < 1.29 is 4.79 Å². The molecule has 1 aromatic heterocycles. The van der Waals surface area contributed by atoms with E-state index in [0.717, 1.165) is 23.5 Å². The number of amides is 1. The molecule has 20 heavy (non-hydrogen) atoms. The van der Waals surface area contributed by atoms with Crippen molar-refractivity contribution in [3.05, 3.63) is 46.2 Å². The number of hydrogen-bond donors (Lipinski definition) is 2. The highest BCUT2D eigenvalue weighted by Crippen LogP contribution is 2.26. The van der Waals surface area contributed by atoms with Gasteiger partial charge in [0, 0.05) is 36.6 Å². The van der Waals surface area contributed by atoms with Crippen molar-refractivity contribution in [1.29, 1.82) is 0 Å². The van der Waals surface area contributed by atoms with Gasteiger partial charge >= 0.3 is 0 Å². The van der Waals surface area contributed by atoms with E-state index in [4.69, 9.17) is 11.6 Å². The Labute approximate surface area is 122 Å². The summed E-state index contributed by atoms with van der Waals surface area (Å²) in [7, 11) is 1.83. The van der Waals surface area contributed by atoms with Crippen molar-refractivity contribution in [2.24, 2.45) is 0 Å². The molecule has 2 heterocycles. The predicted molar refractivity (Wildman–Crippen MR) is 78.4 cm³/mol. The normalized spacial score (nSPS) is 13.8. The molecular formula is C14H15ClN4O. The molecule has 0 radical (unpaired) electrons. The number of imidazole rings is 1. The molecule has 1 amide bonds. The Balaban J connectivity index is 1.97. The highest BCUT2D eigenvalue weighted by Gasteiger charge is 2.20. The highest BCUT2D eigenvalue weighted by atomic mass is 35.5. The minimum absolute atomic E-state index is 0.0468. The van der Waals surface area contributed by atoms with Crippen LogP contribution in [-0.4, -0.2) is 29.1 Å². The van der Waals surface area contributed by atoms with E-state index in [9.17, 15) is 4.79 Å². The Morgan fingerprint density at radius 2 is 2.35 bits per heavy atom. The number of fused-ring (bicyclic) bond motifs is 1. The van der Waals surface area contributed by atoms with Crippen LogP contribution in [0, 0.1) is 0 Å². The first-order chi connectivity index (χ1) is 9.69. The van der Waals surface area contributed by atoms with Crippen molar-refractivity contribution >= 4 is 23.5 Å². The largest absolute Gasteiger partial charge is 0.359 e. The zero-order valence-corrected chi connectivity index (χ0v) is 11.9. The SMILES string of the molecule is CNc1nccn1Cc1cc(Cl)c2c(c1)C(=O)NCC2. The summed E-state index contributed by atoms with van der Waals surface area (Å²) in [6.45, 7) is 1.27. The molecule has 0 bridgehead atoms. The van der Waals surface area contributed by atoms with Crippen LogP contribution >= 0.6 is 11.6 Å². The molecular weight excluding hydrogens is 276 g/mol. The molecule has 2 aromatic rings. The number of halogens is 1. The Bertz CT molecular complexity index is 665. The van der Waals surface area contributed by atoms with E-state index < -0.39 is 0 Å². The van der Waals surface area contributed by atoms with Crippen LogP contribution in [0.25, 0.3) is 0 Å². The monoisotopic (exact) mass is 290 g/mol. The van der Waals surface area contributed by atoms with E-state index >= 15 is 0 Å². The fourth-order valence-electron chi connectivity index (χ4n) is 2.50. The second-order valence-corrected chi connectivity index (χ2v) is 5.15. The molecule has 0 unspecified atom stereocenters. The van der Waals surface area contributed by atoms with Crippen LogP contribution in [0.15, 0.2) is 24.5 Å². The Morgan fingerprint density at radius 1 is 1.50 bits per heavy atom. The summed E-state index contributed by atoms with van der Waals surface area (Å²) in [5.74, 6) is 0.734. The first kappa shape index (κ1) is 13.0. The number of rotatable bonds is 3. The fraction of sp³-hybridized carbons (Fsp3) is 0.286. The summed E-state index contributed by atoms with van der Waals surface area (Å²) in [5.41, 5.74) is 2.61. The summed E-state index contributed by atoms with van der Waals surface area (Å²) in [4.78, 5) is 16.1. The first-order valence-corrected chi connectivity index (χ1v) is 6.85. The van der Waals surface area contributed by atoms with E-state index in [1.807, 2.05) is 29.9 Å². The van der Waals surface area contributed by atoms with Crippen LogP contribution in [0.4, 0.5) is 5.95 Å². The van der Waals surface area contributed by atoms with Gasteiger partial charge in [0.2, 0.25) is 5.95 Å². The zero-order valence-electron chi connectivity index (χ0n) is 11.1. The second-order valence-electron chi connectivity index (χ2n) is 4.74. The number of benzene rings is 1. The standard InChI is InChI=1S/C14H15ClN4O/c1-16-14-18-4-5-19(14)8-9-6-11-10(12(15)7-9)2-3-17-13(11)20/h4-7H,2-3,8H2,1H3,(H,16,18)(H,17,20). The van der Waals surface area contributed by atoms with Crippen LogP contribution in [0.5, 0.6) is 0 Å². The van der Waals surface area contributed by atoms with E-state index in [-0.39, 0.29) is 5.91 Å². The maximum Gasteiger partial charge on any atom is 0.251 e. The summed E-state index contributed by atoms with van der Waals surface area (Å²) in [6, 6.07) is 3.84. The number of carbonyl (C=O) groups excluding carboxylic acids is 1. The van der Waals surface area contributed by atoms with Gasteiger partial charge in [0.05, 0.1) is 6.54 Å². The van der Waals surface area contributed by atoms with Crippen LogP contribution < -0.4 is 10.6 Å². The zero-order chi connectivity index (χ0) is 14.1.